The van der Waals surface area contributed by atoms with Crippen molar-refractivity contribution in [1.29, 1.82) is 0 Å². The zero-order valence-corrected chi connectivity index (χ0v) is 18.5. The highest BCUT2D eigenvalue weighted by atomic mass is 35.5. The average Bonchev–Trinajstić information content (AvgIpc) is 3.03. The van der Waals surface area contributed by atoms with E-state index in [9.17, 15) is 9.59 Å². The summed E-state index contributed by atoms with van der Waals surface area (Å²) in [6, 6.07) is 10.1. The molecule has 3 aromatic rings. The summed E-state index contributed by atoms with van der Waals surface area (Å²) in [5, 5.41) is 8.16. The molecule has 1 atom stereocenters. The first kappa shape index (κ1) is 21.8. The Morgan fingerprint density at radius 1 is 1.23 bits per heavy atom. The summed E-state index contributed by atoms with van der Waals surface area (Å²) in [5.74, 6) is 0.280. The molecule has 30 heavy (non-hydrogen) atoms. The number of hydrogen-bond donors (Lipinski definition) is 2. The average molecular weight is 428 g/mol. The predicted molar refractivity (Wildman–Crippen MR) is 117 cm³/mol. The van der Waals surface area contributed by atoms with Gasteiger partial charge in [-0.25, -0.2) is 4.98 Å². The van der Waals surface area contributed by atoms with Crippen LogP contribution >= 0.6 is 11.6 Å². The number of halogens is 1. The molecule has 0 unspecified atom stereocenters. The van der Waals surface area contributed by atoms with Crippen LogP contribution in [0.25, 0.3) is 0 Å². The van der Waals surface area contributed by atoms with Crippen LogP contribution in [0.15, 0.2) is 41.2 Å². The van der Waals surface area contributed by atoms with Crippen LogP contribution in [-0.2, 0) is 18.9 Å². The standard InChI is InChI=1S/C22H26ClN5O2/c1-13-24-16(11-20(29)25-13)10-17(14-6-8-15(23)9-7-14)26-21(30)18-12-19(22(2,3)4)27-28(18)5/h6-9,11-12,17H,10H2,1-5H3,(H,26,30)(H,24,25,29)/t17-/m0/s1. The minimum absolute atomic E-state index is 0.168. The van der Waals surface area contributed by atoms with Gasteiger partial charge in [-0.15, -0.1) is 0 Å². The zero-order valence-electron chi connectivity index (χ0n) is 17.8. The summed E-state index contributed by atoms with van der Waals surface area (Å²) in [6.07, 6.45) is 0.363. The van der Waals surface area contributed by atoms with Crippen LogP contribution in [0.1, 0.15) is 60.1 Å². The molecule has 0 radical (unpaired) electrons. The third kappa shape index (κ3) is 5.16. The van der Waals surface area contributed by atoms with Crippen LogP contribution in [0.4, 0.5) is 0 Å². The molecular formula is C22H26ClN5O2. The Bertz CT molecular complexity index is 1110. The monoisotopic (exact) mass is 427 g/mol. The third-order valence-electron chi connectivity index (χ3n) is 4.78. The highest BCUT2D eigenvalue weighted by Gasteiger charge is 2.24. The number of carbonyl (C=O) groups excluding carboxylic acids is 1. The third-order valence-corrected chi connectivity index (χ3v) is 5.04. The first-order valence-electron chi connectivity index (χ1n) is 9.70. The van der Waals surface area contributed by atoms with Crippen molar-refractivity contribution in [3.63, 3.8) is 0 Å². The predicted octanol–water partition coefficient (Wildman–Crippen LogP) is 3.48. The van der Waals surface area contributed by atoms with E-state index in [1.807, 2.05) is 18.2 Å². The molecule has 0 saturated heterocycles. The number of nitrogens with one attached hydrogen (secondary N) is 2. The molecule has 158 valence electrons. The van der Waals surface area contributed by atoms with Gasteiger partial charge in [-0.3, -0.25) is 14.3 Å². The number of aromatic amines is 1. The molecule has 7 nitrogen and oxygen atoms in total. The lowest BCUT2D eigenvalue weighted by atomic mass is 9.92. The number of aromatic nitrogens is 4. The van der Waals surface area contributed by atoms with Gasteiger partial charge in [0.25, 0.3) is 11.5 Å². The molecule has 2 aromatic heterocycles. The molecule has 1 aromatic carbocycles. The van der Waals surface area contributed by atoms with E-state index in [2.05, 4.69) is 41.2 Å². The molecule has 0 saturated carbocycles. The molecule has 0 fully saturated rings. The molecule has 2 heterocycles. The van der Waals surface area contributed by atoms with Gasteiger partial charge in [0.15, 0.2) is 0 Å². The molecule has 8 heteroatoms. The molecule has 0 spiro atoms. The fourth-order valence-corrected chi connectivity index (χ4v) is 3.31. The first-order chi connectivity index (χ1) is 14.0. The van der Waals surface area contributed by atoms with Crippen molar-refractivity contribution in [1.82, 2.24) is 25.1 Å². The van der Waals surface area contributed by atoms with E-state index in [-0.39, 0.29) is 16.9 Å². The molecular weight excluding hydrogens is 402 g/mol. The number of H-pyrrole nitrogens is 1. The van der Waals surface area contributed by atoms with Crippen molar-refractivity contribution in [2.75, 3.05) is 0 Å². The van der Waals surface area contributed by atoms with E-state index in [0.29, 0.717) is 28.7 Å². The zero-order chi connectivity index (χ0) is 22.1. The van der Waals surface area contributed by atoms with Gasteiger partial charge in [-0.05, 0) is 30.7 Å². The Balaban J connectivity index is 1.92. The van der Waals surface area contributed by atoms with Crippen LogP contribution in [0.3, 0.4) is 0 Å². The van der Waals surface area contributed by atoms with Gasteiger partial charge in [0.2, 0.25) is 0 Å². The SMILES string of the molecule is Cc1nc(C[C@H](NC(=O)c2cc(C(C)(C)C)nn2C)c2ccc(Cl)cc2)cc(=O)[nH]1. The number of nitrogens with zero attached hydrogens (tertiary/aromatic N) is 3. The normalized spacial score (nSPS) is 12.6. The number of carbonyl (C=O) groups is 1. The van der Waals surface area contributed by atoms with Gasteiger partial charge in [0.1, 0.15) is 11.5 Å². The van der Waals surface area contributed by atoms with E-state index in [1.165, 1.54) is 6.07 Å². The maximum absolute atomic E-state index is 13.1. The molecule has 2 N–H and O–H groups in total. The van der Waals surface area contributed by atoms with Gasteiger partial charge < -0.3 is 10.3 Å². The number of hydrogen-bond acceptors (Lipinski definition) is 4. The Morgan fingerprint density at radius 2 is 1.90 bits per heavy atom. The smallest absolute Gasteiger partial charge is 0.270 e. The summed E-state index contributed by atoms with van der Waals surface area (Å²) in [6.45, 7) is 7.88. The summed E-state index contributed by atoms with van der Waals surface area (Å²) in [7, 11) is 1.75. The van der Waals surface area contributed by atoms with Gasteiger partial charge >= 0.3 is 0 Å². The summed E-state index contributed by atoms with van der Waals surface area (Å²) in [5.41, 5.74) is 2.38. The summed E-state index contributed by atoms with van der Waals surface area (Å²) < 4.78 is 1.59. The largest absolute Gasteiger partial charge is 0.344 e. The van der Waals surface area contributed by atoms with Gasteiger partial charge in [0, 0.05) is 30.0 Å². The number of amides is 1. The maximum atomic E-state index is 13.1. The Kier molecular flexibility index (Phi) is 6.12. The van der Waals surface area contributed by atoms with Crippen LogP contribution in [-0.4, -0.2) is 25.7 Å². The molecule has 0 aliphatic carbocycles. The highest BCUT2D eigenvalue weighted by molar-refractivity contribution is 6.30. The molecule has 0 aliphatic heterocycles. The van der Waals surface area contributed by atoms with Crippen LogP contribution in [0.5, 0.6) is 0 Å². The Labute approximate surface area is 180 Å². The van der Waals surface area contributed by atoms with Crippen LogP contribution in [0, 0.1) is 6.92 Å². The van der Waals surface area contributed by atoms with E-state index in [0.717, 1.165) is 11.3 Å². The lowest BCUT2D eigenvalue weighted by molar-refractivity contribution is 0.0927. The second kappa shape index (κ2) is 8.44. The summed E-state index contributed by atoms with van der Waals surface area (Å²) >= 11 is 6.03. The van der Waals surface area contributed by atoms with Gasteiger partial charge in [-0.1, -0.05) is 44.5 Å². The van der Waals surface area contributed by atoms with Gasteiger partial charge in [0.05, 0.1) is 17.4 Å². The second-order valence-corrected chi connectivity index (χ2v) is 8.83. The molecule has 3 rings (SSSR count). The number of benzene rings is 1. The van der Waals surface area contributed by atoms with Crippen LogP contribution in [0.2, 0.25) is 5.02 Å². The van der Waals surface area contributed by atoms with E-state index in [1.54, 1.807) is 30.8 Å². The fraction of sp³-hybridized carbons (Fsp3) is 0.364. The van der Waals surface area contributed by atoms with Crippen molar-refractivity contribution in [2.24, 2.45) is 7.05 Å². The topological polar surface area (TPSA) is 92.7 Å². The Hall–Kier alpha value is -2.93. The van der Waals surface area contributed by atoms with Crippen molar-refractivity contribution in [2.45, 2.75) is 45.6 Å². The van der Waals surface area contributed by atoms with E-state index >= 15 is 0 Å². The fourth-order valence-electron chi connectivity index (χ4n) is 3.18. The molecule has 0 aliphatic rings. The summed E-state index contributed by atoms with van der Waals surface area (Å²) in [4.78, 5) is 32.0. The Morgan fingerprint density at radius 3 is 2.47 bits per heavy atom. The lowest BCUT2D eigenvalue weighted by Gasteiger charge is -2.19. The number of rotatable bonds is 5. The van der Waals surface area contributed by atoms with E-state index in [4.69, 9.17) is 11.6 Å². The minimum atomic E-state index is -0.392. The van der Waals surface area contributed by atoms with Crippen molar-refractivity contribution >= 4 is 17.5 Å². The number of aryl methyl sites for hydroxylation is 2. The minimum Gasteiger partial charge on any atom is -0.344 e. The lowest BCUT2D eigenvalue weighted by Crippen LogP contribution is -2.32. The highest BCUT2D eigenvalue weighted by Crippen LogP contribution is 2.23. The first-order valence-corrected chi connectivity index (χ1v) is 10.1. The quantitative estimate of drug-likeness (QED) is 0.652. The van der Waals surface area contributed by atoms with Crippen LogP contribution < -0.4 is 10.9 Å². The van der Waals surface area contributed by atoms with E-state index < -0.39 is 6.04 Å². The van der Waals surface area contributed by atoms with Crippen molar-refractivity contribution in [3.8, 4) is 0 Å². The second-order valence-electron chi connectivity index (χ2n) is 8.39. The van der Waals surface area contributed by atoms with Crippen molar-refractivity contribution < 1.29 is 4.79 Å². The van der Waals surface area contributed by atoms with Crippen molar-refractivity contribution in [3.05, 3.63) is 80.2 Å². The molecule has 0 bridgehead atoms. The molecule has 1 amide bonds. The van der Waals surface area contributed by atoms with Gasteiger partial charge in [-0.2, -0.15) is 5.10 Å². The maximum Gasteiger partial charge on any atom is 0.270 e.